The van der Waals surface area contributed by atoms with E-state index in [0.717, 1.165) is 11.4 Å². The van der Waals surface area contributed by atoms with Gasteiger partial charge >= 0.3 is 0 Å². The van der Waals surface area contributed by atoms with Crippen molar-refractivity contribution in [2.24, 2.45) is 0 Å². The third-order valence-electron chi connectivity index (χ3n) is 4.30. The van der Waals surface area contributed by atoms with E-state index in [0.29, 0.717) is 37.6 Å². The maximum absolute atomic E-state index is 12.5. The van der Waals surface area contributed by atoms with Crippen LogP contribution in [0.1, 0.15) is 10.4 Å². The second kappa shape index (κ2) is 11.2. The SMILES string of the molecule is O=C(NCCNc1ccc([N+](=O)[O-])cc1)c1ccccc1OCCOc1ccccc1. The molecule has 2 N–H and O–H groups in total. The number of nitrogens with zero attached hydrogens (tertiary/aromatic N) is 1. The Morgan fingerprint density at radius 3 is 2.26 bits per heavy atom. The highest BCUT2D eigenvalue weighted by molar-refractivity contribution is 5.96. The van der Waals surface area contributed by atoms with E-state index >= 15 is 0 Å². The summed E-state index contributed by atoms with van der Waals surface area (Å²) in [6.07, 6.45) is 0. The number of carbonyl (C=O) groups is 1. The van der Waals surface area contributed by atoms with Gasteiger partial charge in [-0.2, -0.15) is 0 Å². The molecule has 31 heavy (non-hydrogen) atoms. The van der Waals surface area contributed by atoms with Gasteiger partial charge < -0.3 is 20.1 Å². The first kappa shape index (κ1) is 21.6. The van der Waals surface area contributed by atoms with Crippen molar-refractivity contribution in [3.8, 4) is 11.5 Å². The van der Waals surface area contributed by atoms with Gasteiger partial charge in [-0.1, -0.05) is 30.3 Å². The number of nitro benzene ring substituents is 1. The predicted octanol–water partition coefficient (Wildman–Crippen LogP) is 3.89. The highest BCUT2D eigenvalue weighted by Crippen LogP contribution is 2.18. The van der Waals surface area contributed by atoms with Gasteiger partial charge in [-0.05, 0) is 36.4 Å². The minimum atomic E-state index is -0.447. The smallest absolute Gasteiger partial charge is 0.269 e. The molecule has 0 saturated carbocycles. The van der Waals surface area contributed by atoms with E-state index in [1.165, 1.54) is 12.1 Å². The van der Waals surface area contributed by atoms with E-state index in [-0.39, 0.29) is 11.6 Å². The molecule has 0 aromatic heterocycles. The molecule has 3 rings (SSSR count). The van der Waals surface area contributed by atoms with Gasteiger partial charge in [-0.3, -0.25) is 14.9 Å². The van der Waals surface area contributed by atoms with Gasteiger partial charge in [0.2, 0.25) is 0 Å². The van der Waals surface area contributed by atoms with Gasteiger partial charge in [-0.25, -0.2) is 0 Å². The zero-order valence-corrected chi connectivity index (χ0v) is 16.8. The van der Waals surface area contributed by atoms with Crippen LogP contribution in [-0.2, 0) is 0 Å². The van der Waals surface area contributed by atoms with Crippen LogP contribution < -0.4 is 20.1 Å². The van der Waals surface area contributed by atoms with Crippen LogP contribution in [0.5, 0.6) is 11.5 Å². The maximum atomic E-state index is 12.5. The number of rotatable bonds is 11. The third-order valence-corrected chi connectivity index (χ3v) is 4.30. The molecule has 0 aliphatic rings. The average Bonchev–Trinajstić information content (AvgIpc) is 2.80. The van der Waals surface area contributed by atoms with E-state index in [1.54, 1.807) is 36.4 Å². The van der Waals surface area contributed by atoms with Crippen LogP contribution in [0.15, 0.2) is 78.9 Å². The molecular weight excluding hydrogens is 398 g/mol. The molecule has 3 aromatic carbocycles. The van der Waals surface area contributed by atoms with Crippen LogP contribution >= 0.6 is 0 Å². The molecule has 0 heterocycles. The lowest BCUT2D eigenvalue weighted by atomic mass is 10.2. The number of nitrogens with one attached hydrogen (secondary N) is 2. The van der Waals surface area contributed by atoms with E-state index in [1.807, 2.05) is 30.3 Å². The fraction of sp³-hybridized carbons (Fsp3) is 0.174. The summed E-state index contributed by atoms with van der Waals surface area (Å²) in [7, 11) is 0. The predicted molar refractivity (Wildman–Crippen MR) is 118 cm³/mol. The lowest BCUT2D eigenvalue weighted by Gasteiger charge is -2.13. The number of non-ortho nitro benzene ring substituents is 1. The molecule has 8 nitrogen and oxygen atoms in total. The molecule has 0 unspecified atom stereocenters. The van der Waals surface area contributed by atoms with E-state index < -0.39 is 4.92 Å². The van der Waals surface area contributed by atoms with Crippen LogP contribution in [0.4, 0.5) is 11.4 Å². The largest absolute Gasteiger partial charge is 0.490 e. The normalized spacial score (nSPS) is 10.2. The number of amides is 1. The average molecular weight is 421 g/mol. The van der Waals surface area contributed by atoms with E-state index in [4.69, 9.17) is 9.47 Å². The summed E-state index contributed by atoms with van der Waals surface area (Å²) in [5, 5.41) is 16.6. The van der Waals surface area contributed by atoms with Crippen LogP contribution in [0.3, 0.4) is 0 Å². The lowest BCUT2D eigenvalue weighted by molar-refractivity contribution is -0.384. The fourth-order valence-corrected chi connectivity index (χ4v) is 2.79. The Morgan fingerprint density at radius 1 is 0.839 bits per heavy atom. The first-order valence-corrected chi connectivity index (χ1v) is 9.79. The molecule has 8 heteroatoms. The van der Waals surface area contributed by atoms with Gasteiger partial charge in [0.1, 0.15) is 24.7 Å². The number of nitro groups is 1. The van der Waals surface area contributed by atoms with Crippen molar-refractivity contribution in [1.82, 2.24) is 5.32 Å². The monoisotopic (exact) mass is 421 g/mol. The zero-order valence-electron chi connectivity index (χ0n) is 16.8. The molecule has 0 spiro atoms. The van der Waals surface area contributed by atoms with E-state index in [2.05, 4.69) is 10.6 Å². The molecule has 0 aliphatic heterocycles. The first-order valence-electron chi connectivity index (χ1n) is 9.79. The Morgan fingerprint density at radius 2 is 1.52 bits per heavy atom. The number of benzene rings is 3. The Labute approximate surface area is 180 Å². The summed E-state index contributed by atoms with van der Waals surface area (Å²) in [5.74, 6) is 1.00. The first-order chi connectivity index (χ1) is 15.1. The van der Waals surface area contributed by atoms with Gasteiger partial charge in [0.25, 0.3) is 11.6 Å². The summed E-state index contributed by atoms with van der Waals surface area (Å²) in [5.41, 5.74) is 1.21. The highest BCUT2D eigenvalue weighted by atomic mass is 16.6. The highest BCUT2D eigenvalue weighted by Gasteiger charge is 2.11. The quantitative estimate of drug-likeness (QED) is 0.277. The van der Waals surface area contributed by atoms with Crippen molar-refractivity contribution < 1.29 is 19.2 Å². The molecule has 1 amide bonds. The molecular formula is C23H23N3O5. The molecule has 0 fully saturated rings. The van der Waals surface area contributed by atoms with E-state index in [9.17, 15) is 14.9 Å². The number of anilines is 1. The number of ether oxygens (including phenoxy) is 2. The Bertz CT molecular complexity index is 994. The second-order valence-corrected chi connectivity index (χ2v) is 6.49. The Kier molecular flexibility index (Phi) is 7.82. The van der Waals surface area contributed by atoms with Gasteiger partial charge in [0.05, 0.1) is 10.5 Å². The van der Waals surface area contributed by atoms with Crippen molar-refractivity contribution >= 4 is 17.3 Å². The zero-order chi connectivity index (χ0) is 21.9. The second-order valence-electron chi connectivity index (χ2n) is 6.49. The molecule has 0 aliphatic carbocycles. The van der Waals surface area contributed by atoms with Crippen LogP contribution in [0.25, 0.3) is 0 Å². The third kappa shape index (κ3) is 6.74. The maximum Gasteiger partial charge on any atom is 0.269 e. The standard InChI is InChI=1S/C23H23N3O5/c27-23(25-15-14-24-18-10-12-19(13-11-18)26(28)29)21-8-4-5-9-22(21)31-17-16-30-20-6-2-1-3-7-20/h1-13,24H,14-17H2,(H,25,27). The lowest BCUT2D eigenvalue weighted by Crippen LogP contribution is -2.29. The number of para-hydroxylation sites is 2. The van der Waals surface area contributed by atoms with Crippen molar-refractivity contribution in [1.29, 1.82) is 0 Å². The van der Waals surface area contributed by atoms with Crippen molar-refractivity contribution in [3.63, 3.8) is 0 Å². The summed E-state index contributed by atoms with van der Waals surface area (Å²) < 4.78 is 11.3. The number of hydrogen-bond donors (Lipinski definition) is 2. The number of carbonyl (C=O) groups excluding carboxylic acids is 1. The van der Waals surface area contributed by atoms with Crippen molar-refractivity contribution in [3.05, 3.63) is 94.5 Å². The molecule has 0 bridgehead atoms. The topological polar surface area (TPSA) is 103 Å². The number of hydrogen-bond acceptors (Lipinski definition) is 6. The van der Waals surface area contributed by atoms with Crippen LogP contribution in [0, 0.1) is 10.1 Å². The molecule has 0 atom stereocenters. The molecule has 0 saturated heterocycles. The summed E-state index contributed by atoms with van der Waals surface area (Å²) in [6.45, 7) is 1.51. The summed E-state index contributed by atoms with van der Waals surface area (Å²) >= 11 is 0. The Balaban J connectivity index is 1.43. The molecule has 3 aromatic rings. The molecule has 0 radical (unpaired) electrons. The summed E-state index contributed by atoms with van der Waals surface area (Å²) in [6, 6.07) is 22.6. The van der Waals surface area contributed by atoms with Crippen molar-refractivity contribution in [2.45, 2.75) is 0 Å². The van der Waals surface area contributed by atoms with Gasteiger partial charge in [0, 0.05) is 30.9 Å². The van der Waals surface area contributed by atoms with Crippen LogP contribution in [0.2, 0.25) is 0 Å². The fourth-order valence-electron chi connectivity index (χ4n) is 2.79. The van der Waals surface area contributed by atoms with Gasteiger partial charge in [0.15, 0.2) is 0 Å². The van der Waals surface area contributed by atoms with Gasteiger partial charge in [-0.15, -0.1) is 0 Å². The minimum absolute atomic E-state index is 0.0321. The summed E-state index contributed by atoms with van der Waals surface area (Å²) in [4.78, 5) is 22.8. The minimum Gasteiger partial charge on any atom is -0.490 e. The van der Waals surface area contributed by atoms with Crippen LogP contribution in [-0.4, -0.2) is 37.1 Å². The van der Waals surface area contributed by atoms with Crippen molar-refractivity contribution in [2.75, 3.05) is 31.6 Å². The Hall–Kier alpha value is -4.07. The molecule has 160 valence electrons.